The van der Waals surface area contributed by atoms with E-state index in [2.05, 4.69) is 205 Å². The van der Waals surface area contributed by atoms with E-state index in [9.17, 15) is 0 Å². The Morgan fingerprint density at radius 1 is 0.382 bits per heavy atom. The smallest absolute Gasteiger partial charge is 0.146 e. The van der Waals surface area contributed by atoms with Crippen LogP contribution in [-0.2, 0) is 0 Å². The normalized spacial score (nSPS) is 12.5. The van der Waals surface area contributed by atoms with E-state index in [1.165, 1.54) is 58.8 Å². The summed E-state index contributed by atoms with van der Waals surface area (Å²) >= 11 is 0. The lowest BCUT2D eigenvalue weighted by molar-refractivity contribution is 1.32. The number of aromatic nitrogens is 3. The zero-order chi connectivity index (χ0) is 36.3. The molecule has 0 radical (unpaired) electrons. The van der Waals surface area contributed by atoms with Gasteiger partial charge in [-0.05, 0) is 89.6 Å². The molecule has 8 aromatic carbocycles. The van der Waals surface area contributed by atoms with Crippen molar-refractivity contribution in [3.8, 4) is 0 Å². The number of imidazole rings is 1. The Balaban J connectivity index is 1.20. The van der Waals surface area contributed by atoms with Crippen LogP contribution in [0.15, 0.2) is 200 Å². The molecule has 3 heterocycles. The molecular weight excluding hydrogens is 705 g/mol. The molecule has 1 atom stereocenters. The second-order valence-electron chi connectivity index (χ2n) is 13.9. The highest BCUT2D eigenvalue weighted by Crippen LogP contribution is 2.40. The number of hydrogen-bond donors (Lipinski definition) is 0. The third-order valence-corrected chi connectivity index (χ3v) is 15.5. The van der Waals surface area contributed by atoms with E-state index in [-0.39, 0.29) is 0 Å². The van der Waals surface area contributed by atoms with Gasteiger partial charge >= 0.3 is 0 Å². The van der Waals surface area contributed by atoms with E-state index in [0.717, 1.165) is 33.1 Å². The fraction of sp³-hybridized carbons (Fsp3) is 0. The summed E-state index contributed by atoms with van der Waals surface area (Å²) in [7, 11) is -1.82. The average Bonchev–Trinajstić information content (AvgIpc) is 3.66. The van der Waals surface area contributed by atoms with Crippen molar-refractivity contribution < 1.29 is 0 Å². The van der Waals surface area contributed by atoms with Gasteiger partial charge < -0.3 is 0 Å². The first-order valence-electron chi connectivity index (χ1n) is 18.6. The van der Waals surface area contributed by atoms with Gasteiger partial charge in [-0.1, -0.05) is 158 Å². The minimum atomic E-state index is -1.03. The molecule has 11 aromatic rings. The van der Waals surface area contributed by atoms with E-state index < -0.39 is 15.8 Å². The summed E-state index contributed by atoms with van der Waals surface area (Å²) in [6.45, 7) is 0. The first-order chi connectivity index (χ1) is 27.3. The van der Waals surface area contributed by atoms with Gasteiger partial charge in [0.25, 0.3) is 0 Å². The second-order valence-corrected chi connectivity index (χ2v) is 18.3. The van der Waals surface area contributed by atoms with Crippen LogP contribution in [0.25, 0.3) is 60.0 Å². The molecule has 55 heavy (non-hydrogen) atoms. The minimum Gasteiger partial charge on any atom is -0.292 e. The fourth-order valence-electron chi connectivity index (χ4n) is 8.20. The van der Waals surface area contributed by atoms with Crippen LogP contribution in [0.2, 0.25) is 0 Å². The molecule has 1 unspecified atom stereocenters. The fourth-order valence-corrected chi connectivity index (χ4v) is 12.9. The van der Waals surface area contributed by atoms with Crippen LogP contribution in [0.1, 0.15) is 0 Å². The van der Waals surface area contributed by atoms with Crippen LogP contribution in [0.5, 0.6) is 0 Å². The summed E-state index contributed by atoms with van der Waals surface area (Å²) in [5.74, 6) is 0. The predicted octanol–water partition coefficient (Wildman–Crippen LogP) is 10.0. The van der Waals surface area contributed by atoms with Gasteiger partial charge in [0.1, 0.15) is 5.65 Å². The van der Waals surface area contributed by atoms with E-state index >= 15 is 0 Å². The summed E-state index contributed by atoms with van der Waals surface area (Å²) < 4.78 is 2.40. The molecule has 0 bridgehead atoms. The maximum absolute atomic E-state index is 5.70. The topological polar surface area (TPSA) is 30.2 Å². The Morgan fingerprint density at radius 2 is 1.02 bits per heavy atom. The van der Waals surface area contributed by atoms with Crippen molar-refractivity contribution in [2.75, 3.05) is 0 Å². The van der Waals surface area contributed by atoms with Crippen LogP contribution in [0, 0.1) is 0 Å². The molecule has 0 aliphatic carbocycles. The summed E-state index contributed by atoms with van der Waals surface area (Å²) in [5, 5.41) is 14.9. The average molecular weight is 738 g/mol. The van der Waals surface area contributed by atoms with Gasteiger partial charge in [0.05, 0.1) is 22.1 Å². The minimum absolute atomic E-state index is 0.789. The molecule has 3 nitrogen and oxygen atoms in total. The van der Waals surface area contributed by atoms with Crippen LogP contribution < -0.4 is 31.8 Å². The van der Waals surface area contributed by atoms with Crippen molar-refractivity contribution in [3.05, 3.63) is 200 Å². The van der Waals surface area contributed by atoms with Crippen LogP contribution >= 0.6 is 15.8 Å². The molecule has 0 aliphatic heterocycles. The number of benzene rings is 8. The Morgan fingerprint density at radius 3 is 1.84 bits per heavy atom. The van der Waals surface area contributed by atoms with Gasteiger partial charge in [0.2, 0.25) is 0 Å². The summed E-state index contributed by atoms with van der Waals surface area (Å²) in [6.07, 6.45) is 2.09. The van der Waals surface area contributed by atoms with Crippen molar-refractivity contribution >= 4 is 108 Å². The second kappa shape index (κ2) is 13.3. The SMILES string of the molecule is c1ccc(P(c2ccccc2)c2ccc3c4ccccc4n4c5cccc(P(c6ccc7ccccc7c6)c6cnc7ccccc7c6)c5nc4c3c2)cc1. The monoisotopic (exact) mass is 737 g/mol. The molecule has 0 fully saturated rings. The van der Waals surface area contributed by atoms with Gasteiger partial charge in [-0.2, -0.15) is 0 Å². The van der Waals surface area contributed by atoms with Gasteiger partial charge in [-0.15, -0.1) is 0 Å². The molecule has 0 saturated carbocycles. The zero-order valence-corrected chi connectivity index (χ0v) is 31.6. The molecule has 0 amide bonds. The molecule has 0 N–H and O–H groups in total. The summed E-state index contributed by atoms with van der Waals surface area (Å²) in [6, 6.07) is 70.9. The Hall–Kier alpha value is -6.24. The molecular formula is C50H33N3P2. The van der Waals surface area contributed by atoms with Crippen LogP contribution in [-0.4, -0.2) is 14.4 Å². The number of pyridine rings is 2. The number of rotatable bonds is 6. The quantitative estimate of drug-likeness (QED) is 0.126. The zero-order valence-electron chi connectivity index (χ0n) is 29.8. The molecule has 258 valence electrons. The Kier molecular flexibility index (Phi) is 7.76. The highest BCUT2D eigenvalue weighted by atomic mass is 31.1. The van der Waals surface area contributed by atoms with Crippen LogP contribution in [0.3, 0.4) is 0 Å². The molecule has 11 rings (SSSR count). The van der Waals surface area contributed by atoms with Crippen molar-refractivity contribution in [1.29, 1.82) is 0 Å². The third kappa shape index (κ3) is 5.43. The maximum Gasteiger partial charge on any atom is 0.146 e. The van der Waals surface area contributed by atoms with E-state index in [1.807, 2.05) is 0 Å². The highest BCUT2D eigenvalue weighted by Gasteiger charge is 2.25. The summed E-state index contributed by atoms with van der Waals surface area (Å²) in [5.41, 5.74) is 5.30. The number of hydrogen-bond acceptors (Lipinski definition) is 2. The van der Waals surface area contributed by atoms with E-state index in [1.54, 1.807) is 0 Å². The van der Waals surface area contributed by atoms with Crippen molar-refractivity contribution in [3.63, 3.8) is 0 Å². The van der Waals surface area contributed by atoms with Gasteiger partial charge in [0, 0.05) is 33.0 Å². The molecule has 0 saturated heterocycles. The third-order valence-electron chi connectivity index (χ3n) is 10.7. The summed E-state index contributed by atoms with van der Waals surface area (Å²) in [4.78, 5) is 10.7. The predicted molar refractivity (Wildman–Crippen MR) is 238 cm³/mol. The highest BCUT2D eigenvalue weighted by molar-refractivity contribution is 7.80. The number of nitrogens with zero attached hydrogens (tertiary/aromatic N) is 3. The Bertz CT molecular complexity index is 3110. The van der Waals surface area contributed by atoms with Crippen molar-refractivity contribution in [2.45, 2.75) is 0 Å². The van der Waals surface area contributed by atoms with Gasteiger partial charge in [-0.3, -0.25) is 9.38 Å². The molecule has 0 spiro atoms. The first-order valence-corrected chi connectivity index (χ1v) is 21.3. The lowest BCUT2D eigenvalue weighted by Crippen LogP contribution is -2.22. The molecule has 3 aromatic heterocycles. The van der Waals surface area contributed by atoms with Crippen molar-refractivity contribution in [1.82, 2.24) is 14.4 Å². The lowest BCUT2D eigenvalue weighted by atomic mass is 10.1. The van der Waals surface area contributed by atoms with Crippen LogP contribution in [0.4, 0.5) is 0 Å². The van der Waals surface area contributed by atoms with E-state index in [0.29, 0.717) is 0 Å². The van der Waals surface area contributed by atoms with Gasteiger partial charge in [-0.25, -0.2) is 4.98 Å². The maximum atomic E-state index is 5.70. The standard InChI is InChI=1S/C50H33N3P2/c1-3-17-37(18-4-1)54(38-19-5-2-6-20-38)40-28-29-42-43-21-10-12-23-46(43)53-47-24-13-25-48(49(47)52-50(53)44(42)32-40)55(39-27-26-34-14-7-8-15-35(34)30-39)41-31-36-16-9-11-22-45(36)51-33-41/h1-33H. The number of para-hydroxylation sites is 3. The molecule has 0 aliphatic rings. The number of fused-ring (bicyclic) bond motifs is 10. The van der Waals surface area contributed by atoms with Crippen molar-refractivity contribution in [2.24, 2.45) is 0 Å². The van der Waals surface area contributed by atoms with E-state index in [4.69, 9.17) is 9.97 Å². The molecule has 5 heteroatoms. The first kappa shape index (κ1) is 32.2. The largest absolute Gasteiger partial charge is 0.292 e. The lowest BCUT2D eigenvalue weighted by Gasteiger charge is -2.20. The Labute approximate surface area is 321 Å². The van der Waals surface area contributed by atoms with Gasteiger partial charge in [0.15, 0.2) is 0 Å².